The highest BCUT2D eigenvalue weighted by Crippen LogP contribution is 2.05. The monoisotopic (exact) mass is 234 g/mol. The van der Waals surface area contributed by atoms with Gasteiger partial charge in [0.25, 0.3) is 0 Å². The minimum absolute atomic E-state index is 0.0554. The van der Waals surface area contributed by atoms with Gasteiger partial charge in [0.2, 0.25) is 0 Å². The van der Waals surface area contributed by atoms with Crippen LogP contribution in [0.5, 0.6) is 0 Å². The molecule has 0 spiro atoms. The first-order chi connectivity index (χ1) is 8.13. The Morgan fingerprint density at radius 2 is 1.65 bits per heavy atom. The number of benzene rings is 1. The molecule has 0 radical (unpaired) electrons. The van der Waals surface area contributed by atoms with Gasteiger partial charge in [-0.25, -0.2) is 0 Å². The fourth-order valence-corrected chi connectivity index (χ4v) is 1.23. The zero-order valence-corrected chi connectivity index (χ0v) is 9.64. The van der Waals surface area contributed by atoms with Crippen LogP contribution in [0.1, 0.15) is 36.5 Å². The Labute approximate surface area is 99.6 Å². The summed E-state index contributed by atoms with van der Waals surface area (Å²) in [5.41, 5.74) is 0.558. The molecular weight excluding hydrogens is 220 g/mol. The largest absolute Gasteiger partial charge is 0.393 e. The van der Waals surface area contributed by atoms with Crippen molar-refractivity contribution in [2.75, 3.05) is 0 Å². The van der Waals surface area contributed by atoms with Gasteiger partial charge < -0.3 is 4.74 Å². The number of hydrogen-bond acceptors (Lipinski definition) is 4. The Morgan fingerprint density at radius 3 is 2.24 bits per heavy atom. The van der Waals surface area contributed by atoms with Gasteiger partial charge in [-0.1, -0.05) is 37.3 Å². The molecule has 17 heavy (non-hydrogen) atoms. The van der Waals surface area contributed by atoms with Gasteiger partial charge in [-0.2, -0.15) is 0 Å². The molecule has 4 nitrogen and oxygen atoms in total. The molecule has 0 saturated carbocycles. The minimum atomic E-state index is -0.652. The molecule has 1 aromatic rings. The molecule has 0 saturated heterocycles. The molecule has 0 atom stereocenters. The standard InChI is InChI=1S/C13H14O4/c1-2-12(15)17-13(16)9-8-11(14)10-6-4-3-5-7-10/h3-7H,2,8-9H2,1H3. The fourth-order valence-electron chi connectivity index (χ4n) is 1.23. The summed E-state index contributed by atoms with van der Waals surface area (Å²) in [6.45, 7) is 1.60. The smallest absolute Gasteiger partial charge is 0.313 e. The third-order valence-corrected chi connectivity index (χ3v) is 2.17. The summed E-state index contributed by atoms with van der Waals surface area (Å²) in [4.78, 5) is 33.6. The SMILES string of the molecule is CCC(=O)OC(=O)CCC(=O)c1ccccc1. The van der Waals surface area contributed by atoms with Gasteiger partial charge in [0.05, 0.1) is 6.42 Å². The second-order valence-corrected chi connectivity index (χ2v) is 3.49. The van der Waals surface area contributed by atoms with Crippen LogP contribution in [0.4, 0.5) is 0 Å². The Balaban J connectivity index is 2.39. The van der Waals surface area contributed by atoms with E-state index in [9.17, 15) is 14.4 Å². The summed E-state index contributed by atoms with van der Waals surface area (Å²) in [5, 5.41) is 0. The van der Waals surface area contributed by atoms with Gasteiger partial charge in [0, 0.05) is 18.4 Å². The molecule has 1 rings (SSSR count). The van der Waals surface area contributed by atoms with Gasteiger partial charge in [0.15, 0.2) is 5.78 Å². The highest BCUT2D eigenvalue weighted by atomic mass is 16.6. The van der Waals surface area contributed by atoms with E-state index in [1.807, 2.05) is 6.07 Å². The molecule has 0 bridgehead atoms. The third kappa shape index (κ3) is 4.59. The summed E-state index contributed by atoms with van der Waals surface area (Å²) in [5.74, 6) is -1.35. The molecule has 0 N–H and O–H groups in total. The number of carbonyl (C=O) groups is 3. The van der Waals surface area contributed by atoms with Crippen molar-refractivity contribution >= 4 is 17.7 Å². The van der Waals surface area contributed by atoms with E-state index in [0.29, 0.717) is 5.56 Å². The maximum Gasteiger partial charge on any atom is 0.313 e. The van der Waals surface area contributed by atoms with Crippen molar-refractivity contribution in [3.8, 4) is 0 Å². The van der Waals surface area contributed by atoms with E-state index >= 15 is 0 Å². The van der Waals surface area contributed by atoms with Crippen LogP contribution < -0.4 is 0 Å². The molecule has 0 aliphatic heterocycles. The zero-order chi connectivity index (χ0) is 12.7. The molecule has 0 aliphatic rings. The predicted octanol–water partition coefficient (Wildman–Crippen LogP) is 2.13. The van der Waals surface area contributed by atoms with Crippen LogP contribution in [0.3, 0.4) is 0 Å². The lowest BCUT2D eigenvalue weighted by atomic mass is 10.1. The van der Waals surface area contributed by atoms with Crippen molar-refractivity contribution in [1.82, 2.24) is 0 Å². The van der Waals surface area contributed by atoms with Gasteiger partial charge in [-0.3, -0.25) is 14.4 Å². The summed E-state index contributed by atoms with van der Waals surface area (Å²) >= 11 is 0. The van der Waals surface area contributed by atoms with Crippen LogP contribution in [0, 0.1) is 0 Å². The van der Waals surface area contributed by atoms with Crippen LogP contribution in [-0.2, 0) is 14.3 Å². The maximum absolute atomic E-state index is 11.6. The third-order valence-electron chi connectivity index (χ3n) is 2.17. The fraction of sp³-hybridized carbons (Fsp3) is 0.308. The number of Topliss-reactive ketones (excluding diaryl/α,β-unsaturated/α-hetero) is 1. The molecule has 0 unspecified atom stereocenters. The molecule has 4 heteroatoms. The molecule has 90 valence electrons. The van der Waals surface area contributed by atoms with Crippen LogP contribution in [0.25, 0.3) is 0 Å². The van der Waals surface area contributed by atoms with Crippen molar-refractivity contribution in [3.63, 3.8) is 0 Å². The average Bonchev–Trinajstić information content (AvgIpc) is 2.36. The Bertz CT molecular complexity index is 409. The van der Waals surface area contributed by atoms with Gasteiger partial charge in [-0.15, -0.1) is 0 Å². The van der Waals surface area contributed by atoms with E-state index in [0.717, 1.165) is 0 Å². The summed E-state index contributed by atoms with van der Waals surface area (Å²) < 4.78 is 4.46. The van der Waals surface area contributed by atoms with Crippen molar-refractivity contribution in [1.29, 1.82) is 0 Å². The Hall–Kier alpha value is -1.97. The zero-order valence-electron chi connectivity index (χ0n) is 9.64. The second kappa shape index (κ2) is 6.58. The van der Waals surface area contributed by atoms with Crippen LogP contribution in [-0.4, -0.2) is 17.7 Å². The van der Waals surface area contributed by atoms with Crippen molar-refractivity contribution in [2.45, 2.75) is 26.2 Å². The van der Waals surface area contributed by atoms with Crippen molar-refractivity contribution in [2.24, 2.45) is 0 Å². The molecule has 0 amide bonds. The minimum Gasteiger partial charge on any atom is -0.393 e. The lowest BCUT2D eigenvalue weighted by molar-refractivity contribution is -0.159. The molecule has 0 fully saturated rings. The summed E-state index contributed by atoms with van der Waals surface area (Å²) in [6, 6.07) is 8.69. The lowest BCUT2D eigenvalue weighted by Crippen LogP contribution is -2.12. The van der Waals surface area contributed by atoms with E-state index < -0.39 is 11.9 Å². The Kier molecular flexibility index (Phi) is 5.07. The topological polar surface area (TPSA) is 60.4 Å². The number of ketones is 1. The molecule has 1 aromatic carbocycles. The highest BCUT2D eigenvalue weighted by molar-refractivity contribution is 5.98. The summed E-state index contributed by atoms with van der Waals surface area (Å²) in [6.07, 6.45) is 0.137. The number of esters is 2. The maximum atomic E-state index is 11.6. The first kappa shape index (κ1) is 13.1. The van der Waals surface area contributed by atoms with Crippen molar-refractivity contribution in [3.05, 3.63) is 35.9 Å². The highest BCUT2D eigenvalue weighted by Gasteiger charge is 2.12. The van der Waals surface area contributed by atoms with E-state index in [1.165, 1.54) is 0 Å². The van der Waals surface area contributed by atoms with Crippen LogP contribution in [0.2, 0.25) is 0 Å². The quantitative estimate of drug-likeness (QED) is 0.445. The van der Waals surface area contributed by atoms with Crippen molar-refractivity contribution < 1.29 is 19.1 Å². The predicted molar refractivity (Wildman–Crippen MR) is 61.4 cm³/mol. The second-order valence-electron chi connectivity index (χ2n) is 3.49. The van der Waals surface area contributed by atoms with Gasteiger partial charge >= 0.3 is 11.9 Å². The lowest BCUT2D eigenvalue weighted by Gasteiger charge is -2.01. The Morgan fingerprint density at radius 1 is 1.00 bits per heavy atom. The van der Waals surface area contributed by atoms with Gasteiger partial charge in [-0.05, 0) is 0 Å². The normalized spacial score (nSPS) is 9.71. The summed E-state index contributed by atoms with van der Waals surface area (Å²) in [7, 11) is 0. The van der Waals surface area contributed by atoms with Gasteiger partial charge in [0.1, 0.15) is 0 Å². The number of rotatable bonds is 5. The van der Waals surface area contributed by atoms with E-state index in [-0.39, 0.29) is 25.0 Å². The van der Waals surface area contributed by atoms with E-state index in [1.54, 1.807) is 31.2 Å². The first-order valence-electron chi connectivity index (χ1n) is 5.45. The molecule has 0 heterocycles. The number of hydrogen-bond donors (Lipinski definition) is 0. The van der Waals surface area contributed by atoms with Crippen LogP contribution in [0.15, 0.2) is 30.3 Å². The van der Waals surface area contributed by atoms with E-state index in [4.69, 9.17) is 0 Å². The van der Waals surface area contributed by atoms with Crippen LogP contribution >= 0.6 is 0 Å². The average molecular weight is 234 g/mol. The number of ether oxygens (including phenoxy) is 1. The van der Waals surface area contributed by atoms with E-state index in [2.05, 4.69) is 4.74 Å². The number of carbonyl (C=O) groups excluding carboxylic acids is 3. The molecule has 0 aromatic heterocycles. The molecular formula is C13H14O4. The first-order valence-corrected chi connectivity index (χ1v) is 5.45. The molecule has 0 aliphatic carbocycles.